The number of rotatable bonds is 21. The molecule has 3 aromatic carbocycles. The number of ether oxygens (including phenoxy) is 3. The summed E-state index contributed by atoms with van der Waals surface area (Å²) in [6.45, 7) is 10.0. The van der Waals surface area contributed by atoms with Gasteiger partial charge < -0.3 is 61.3 Å². The predicted molar refractivity (Wildman–Crippen MR) is 279 cm³/mol. The van der Waals surface area contributed by atoms with Crippen LogP contribution in [0.1, 0.15) is 72.6 Å². The monoisotopic (exact) mass is 1030 g/mol. The molecule has 5 aromatic rings. The molecule has 7 rings (SSSR count). The van der Waals surface area contributed by atoms with Gasteiger partial charge in [0.05, 0.1) is 16.4 Å². The van der Waals surface area contributed by atoms with Crippen LogP contribution in [0.15, 0.2) is 60.0 Å². The van der Waals surface area contributed by atoms with Gasteiger partial charge in [0.25, 0.3) is 5.91 Å². The molecule has 0 bridgehead atoms. The quantitative estimate of drug-likeness (QED) is 0.0333. The van der Waals surface area contributed by atoms with Gasteiger partial charge in [-0.05, 0) is 110 Å². The van der Waals surface area contributed by atoms with E-state index in [-0.39, 0.29) is 56.3 Å². The second-order valence-electron chi connectivity index (χ2n) is 18.7. The molecule has 21 heteroatoms. The summed E-state index contributed by atoms with van der Waals surface area (Å²) in [6.07, 6.45) is 1.77. The van der Waals surface area contributed by atoms with E-state index in [1.54, 1.807) is 63.2 Å². The van der Waals surface area contributed by atoms with Crippen LogP contribution < -0.4 is 41.8 Å². The number of aromatic nitrogens is 1. The minimum Gasteiger partial charge on any atom is -0.492 e. The van der Waals surface area contributed by atoms with Gasteiger partial charge in [0.1, 0.15) is 30.7 Å². The van der Waals surface area contributed by atoms with E-state index in [2.05, 4.69) is 25.8 Å². The molecule has 2 aliphatic heterocycles. The summed E-state index contributed by atoms with van der Waals surface area (Å²) in [4.78, 5) is 88.2. The fourth-order valence-electron chi connectivity index (χ4n) is 8.74. The van der Waals surface area contributed by atoms with Gasteiger partial charge in [-0.2, -0.15) is 0 Å². The topological polar surface area (TPSA) is 247 Å². The third-order valence-electron chi connectivity index (χ3n) is 13.0. The van der Waals surface area contributed by atoms with Crippen molar-refractivity contribution in [2.24, 2.45) is 17.4 Å². The number of H-pyrrole nitrogens is 1. The van der Waals surface area contributed by atoms with Crippen molar-refractivity contribution in [1.29, 1.82) is 0 Å². The van der Waals surface area contributed by atoms with Crippen LogP contribution in [-0.4, -0.2) is 140 Å². The number of amides is 7. The lowest BCUT2D eigenvalue weighted by Crippen LogP contribution is -2.51. The number of thiophene rings is 1. The van der Waals surface area contributed by atoms with E-state index in [1.165, 1.54) is 34.0 Å². The first-order chi connectivity index (χ1) is 34.5. The summed E-state index contributed by atoms with van der Waals surface area (Å²) in [5.41, 5.74) is 16.0. The van der Waals surface area contributed by atoms with Crippen LogP contribution in [0.4, 0.5) is 25.8 Å². The summed E-state index contributed by atoms with van der Waals surface area (Å²) < 4.78 is 18.4. The normalized spacial score (nSPS) is 15.3. The number of fused-ring (bicyclic) bond motifs is 4. The number of nitrogens with two attached hydrogens (primary N) is 2. The van der Waals surface area contributed by atoms with Crippen molar-refractivity contribution in [3.05, 3.63) is 82.4 Å². The number of aromatic amines is 1. The fourth-order valence-corrected chi connectivity index (χ4v) is 10.0. The largest absolute Gasteiger partial charge is 0.492 e. The van der Waals surface area contributed by atoms with Gasteiger partial charge in [0.2, 0.25) is 11.8 Å². The maximum atomic E-state index is 14.4. The highest BCUT2D eigenvalue weighted by Crippen LogP contribution is 2.49. The summed E-state index contributed by atoms with van der Waals surface area (Å²) in [5.74, 6) is -0.139. The molecule has 0 saturated carbocycles. The Morgan fingerprint density at radius 3 is 2.38 bits per heavy atom. The van der Waals surface area contributed by atoms with Gasteiger partial charge in [-0.3, -0.25) is 19.3 Å². The average molecular weight is 1030 g/mol. The van der Waals surface area contributed by atoms with Crippen LogP contribution in [0.25, 0.3) is 21.0 Å². The van der Waals surface area contributed by atoms with Crippen molar-refractivity contribution in [3.8, 4) is 11.5 Å². The number of primary amides is 1. The first kappa shape index (κ1) is 53.2. The second-order valence-corrected chi connectivity index (χ2v) is 19.9. The van der Waals surface area contributed by atoms with Crippen LogP contribution in [-0.2, 0) is 20.9 Å². The number of anilines is 2. The zero-order valence-electron chi connectivity index (χ0n) is 41.4. The molecule has 8 N–H and O–H groups in total. The molecule has 2 aliphatic rings. The number of aryl methyl sites for hydroxylation is 1. The Hall–Kier alpha value is -6.61. The highest BCUT2D eigenvalue weighted by molar-refractivity contribution is 7.17. The third kappa shape index (κ3) is 13.1. The molecule has 7 amide bonds. The molecule has 1 saturated heterocycles. The molecular formula is C51H65ClN10O9S. The number of hydrogen-bond acceptors (Lipinski definition) is 12. The van der Waals surface area contributed by atoms with Gasteiger partial charge in [-0.25, -0.2) is 14.4 Å². The number of carbonyl (C=O) groups is 6. The number of benzene rings is 3. The van der Waals surface area contributed by atoms with Crippen molar-refractivity contribution < 1.29 is 43.0 Å². The number of hydrogen-bond donors (Lipinski definition) is 6. The van der Waals surface area contributed by atoms with Crippen molar-refractivity contribution in [2.45, 2.75) is 71.1 Å². The Bertz CT molecular complexity index is 2760. The second kappa shape index (κ2) is 24.2. The van der Waals surface area contributed by atoms with Crippen molar-refractivity contribution in [1.82, 2.24) is 30.3 Å². The van der Waals surface area contributed by atoms with Crippen molar-refractivity contribution in [2.75, 3.05) is 82.6 Å². The van der Waals surface area contributed by atoms with E-state index >= 15 is 0 Å². The van der Waals surface area contributed by atoms with Gasteiger partial charge in [0, 0.05) is 86.7 Å². The van der Waals surface area contributed by atoms with Gasteiger partial charge >= 0.3 is 18.2 Å². The Kier molecular flexibility index (Phi) is 17.9. The lowest BCUT2D eigenvalue weighted by atomic mass is 9.97. The Morgan fingerprint density at radius 2 is 1.68 bits per heavy atom. The Balaban J connectivity index is 0.928. The van der Waals surface area contributed by atoms with E-state index < -0.39 is 42.1 Å². The van der Waals surface area contributed by atoms with Crippen LogP contribution in [0.5, 0.6) is 11.5 Å². The molecule has 0 radical (unpaired) electrons. The Labute approximate surface area is 427 Å². The average Bonchev–Trinajstić information content (AvgIpc) is 4.19. The summed E-state index contributed by atoms with van der Waals surface area (Å²) in [7, 11) is 3.13. The highest BCUT2D eigenvalue weighted by atomic mass is 35.5. The van der Waals surface area contributed by atoms with Gasteiger partial charge in [-0.1, -0.05) is 26.0 Å². The molecule has 386 valence electrons. The maximum absolute atomic E-state index is 14.4. The SMILES string of the molecule is Cc1csc2c(OC(=O)N(C)CCN(C)C(=O)OCc3ccc(NC(=O)C(CCCNC(N)=O)NC(=O)C(N)C(C)C)cc3)cc3c(c12)C(CCl)CN3C(=O)c1cc2cc(OCCN3CCCC3)ccc2[nH]1. The first-order valence-electron chi connectivity index (χ1n) is 24.2. The van der Waals surface area contributed by atoms with E-state index in [0.29, 0.717) is 48.0 Å². The zero-order valence-corrected chi connectivity index (χ0v) is 43.0. The fraction of sp³-hybridized carbons (Fsp3) is 0.451. The molecule has 2 aromatic heterocycles. The summed E-state index contributed by atoms with van der Waals surface area (Å²) in [6, 6.07) is 13.6. The van der Waals surface area contributed by atoms with Gasteiger partial charge in [0.15, 0.2) is 5.75 Å². The highest BCUT2D eigenvalue weighted by Gasteiger charge is 2.37. The molecule has 3 atom stereocenters. The number of urea groups is 1. The molecule has 19 nitrogen and oxygen atoms in total. The van der Waals surface area contributed by atoms with E-state index in [4.69, 9.17) is 37.3 Å². The number of halogens is 1. The minimum atomic E-state index is -0.927. The minimum absolute atomic E-state index is 0.0677. The molecule has 4 heterocycles. The van der Waals surface area contributed by atoms with Crippen molar-refractivity contribution >= 4 is 91.2 Å². The lowest BCUT2D eigenvalue weighted by Gasteiger charge is -2.23. The lowest BCUT2D eigenvalue weighted by molar-refractivity contribution is -0.128. The van der Waals surface area contributed by atoms with Crippen LogP contribution >= 0.6 is 22.9 Å². The molecule has 72 heavy (non-hydrogen) atoms. The molecule has 1 fully saturated rings. The number of nitrogens with one attached hydrogen (secondary N) is 4. The van der Waals surface area contributed by atoms with E-state index in [0.717, 1.165) is 57.5 Å². The zero-order chi connectivity index (χ0) is 51.6. The molecular weight excluding hydrogens is 964 g/mol. The van der Waals surface area contributed by atoms with Gasteiger partial charge in [-0.15, -0.1) is 22.9 Å². The Morgan fingerprint density at radius 1 is 0.958 bits per heavy atom. The number of likely N-dealkylation sites (tertiary alicyclic amines) is 1. The first-order valence-corrected chi connectivity index (χ1v) is 25.6. The standard InChI is InChI=1S/C51H65ClN10O9S/c1-30(2)44(53)47(64)58-38(9-8-16-55-49(54)66)46(63)56-35-12-10-32(11-13-35)28-70-50(67)59(4)19-20-60(5)51(68)71-41-25-40-43(42-31(3)29-72-45(41)42)34(26-52)27-62(40)48(65)39-24-33-23-36(14-15-37(33)57-39)69-22-21-61-17-6-7-18-61/h10-15,23-25,29-30,34,38,44,57H,6-9,16-22,26-28,53H2,1-5H3,(H,56,63)(H,58,64)(H3,54,55,66). The molecule has 3 unspecified atom stereocenters. The maximum Gasteiger partial charge on any atom is 0.415 e. The van der Waals surface area contributed by atoms with Crippen LogP contribution in [0.3, 0.4) is 0 Å². The summed E-state index contributed by atoms with van der Waals surface area (Å²) >= 11 is 8.04. The predicted octanol–water partition coefficient (Wildman–Crippen LogP) is 6.70. The third-order valence-corrected chi connectivity index (χ3v) is 14.5. The van der Waals surface area contributed by atoms with E-state index in [9.17, 15) is 28.8 Å². The number of alkyl halides is 1. The summed E-state index contributed by atoms with van der Waals surface area (Å²) in [5, 5.41) is 11.7. The number of carbonyl (C=O) groups excluding carboxylic acids is 6. The van der Waals surface area contributed by atoms with Crippen LogP contribution in [0, 0.1) is 12.8 Å². The van der Waals surface area contributed by atoms with E-state index in [1.807, 2.05) is 36.6 Å². The number of likely N-dealkylation sites (N-methyl/N-ethyl adjacent to an activating group) is 2. The molecule has 0 spiro atoms. The number of nitrogens with zero attached hydrogens (tertiary/aromatic N) is 4. The smallest absolute Gasteiger partial charge is 0.415 e. The molecule has 0 aliphatic carbocycles. The van der Waals surface area contributed by atoms with Crippen LogP contribution in [0.2, 0.25) is 0 Å². The van der Waals surface area contributed by atoms with Crippen molar-refractivity contribution in [3.63, 3.8) is 0 Å².